The van der Waals surface area contributed by atoms with Crippen LogP contribution < -0.4 is 10.2 Å². The summed E-state index contributed by atoms with van der Waals surface area (Å²) < 4.78 is 4.95. The Labute approximate surface area is 162 Å². The molecule has 1 heterocycles. The predicted octanol–water partition coefficient (Wildman–Crippen LogP) is 2.40. The number of rotatable bonds is 5. The minimum Gasteiger partial charge on any atom is -0.452 e. The third-order valence-electron chi connectivity index (χ3n) is 4.44. The Balaban J connectivity index is 1.87. The molecule has 0 aliphatic carbocycles. The second-order valence-corrected chi connectivity index (χ2v) is 6.53. The summed E-state index contributed by atoms with van der Waals surface area (Å²) in [5.41, 5.74) is 2.71. The van der Waals surface area contributed by atoms with E-state index in [0.717, 1.165) is 16.0 Å². The first-order valence-electron chi connectivity index (χ1n) is 8.87. The zero-order valence-electron chi connectivity index (χ0n) is 15.9. The van der Waals surface area contributed by atoms with Crippen molar-refractivity contribution >= 4 is 29.4 Å². The summed E-state index contributed by atoms with van der Waals surface area (Å²) in [7, 11) is 0. The van der Waals surface area contributed by atoms with Crippen LogP contribution >= 0.6 is 0 Å². The van der Waals surface area contributed by atoms with Crippen molar-refractivity contribution in [3.63, 3.8) is 0 Å². The highest BCUT2D eigenvalue weighted by molar-refractivity contribution is 6.35. The number of nitrogens with zero attached hydrogens (tertiary/aromatic N) is 1. The van der Waals surface area contributed by atoms with E-state index in [4.69, 9.17) is 4.74 Å². The normalized spacial score (nSPS) is 12.8. The number of carbonyl (C=O) groups excluding carboxylic acids is 4. The van der Waals surface area contributed by atoms with Gasteiger partial charge in [-0.3, -0.25) is 14.4 Å². The van der Waals surface area contributed by atoms with E-state index >= 15 is 0 Å². The molecule has 1 N–H and O–H groups in total. The zero-order valence-corrected chi connectivity index (χ0v) is 15.9. The average Bonchev–Trinajstić information content (AvgIpc) is 2.92. The van der Waals surface area contributed by atoms with Gasteiger partial charge in [0.2, 0.25) is 0 Å². The molecule has 7 heteroatoms. The van der Waals surface area contributed by atoms with Crippen LogP contribution in [0.2, 0.25) is 0 Å². The Morgan fingerprint density at radius 2 is 1.71 bits per heavy atom. The molecule has 1 aliphatic rings. The van der Waals surface area contributed by atoms with Crippen LogP contribution in [0.5, 0.6) is 0 Å². The Morgan fingerprint density at radius 3 is 2.43 bits per heavy atom. The smallest absolute Gasteiger partial charge is 0.338 e. The van der Waals surface area contributed by atoms with Crippen molar-refractivity contribution < 1.29 is 23.9 Å². The summed E-state index contributed by atoms with van der Waals surface area (Å²) in [6.45, 7) is 5.47. The van der Waals surface area contributed by atoms with Gasteiger partial charge in [-0.15, -0.1) is 0 Å². The van der Waals surface area contributed by atoms with Crippen molar-refractivity contribution in [3.8, 4) is 0 Å². The number of likely N-dealkylation sites (N-methyl/N-ethyl adjacent to an activating group) is 1. The number of imide groups is 1. The lowest BCUT2D eigenvalue weighted by Crippen LogP contribution is -2.30. The first-order chi connectivity index (χ1) is 13.3. The van der Waals surface area contributed by atoms with E-state index in [9.17, 15) is 19.2 Å². The van der Waals surface area contributed by atoms with Gasteiger partial charge < -0.3 is 10.1 Å². The Morgan fingerprint density at radius 1 is 1.00 bits per heavy atom. The Kier molecular flexibility index (Phi) is 5.26. The maximum absolute atomic E-state index is 12.9. The second-order valence-electron chi connectivity index (χ2n) is 6.53. The maximum Gasteiger partial charge on any atom is 0.338 e. The van der Waals surface area contributed by atoms with Gasteiger partial charge in [0.05, 0.1) is 22.4 Å². The van der Waals surface area contributed by atoms with Crippen molar-refractivity contribution in [2.24, 2.45) is 0 Å². The number of benzene rings is 2. The molecule has 144 valence electrons. The number of esters is 1. The molecule has 0 bridgehead atoms. The fourth-order valence-corrected chi connectivity index (χ4v) is 3.01. The van der Waals surface area contributed by atoms with Crippen LogP contribution in [0, 0.1) is 13.8 Å². The van der Waals surface area contributed by atoms with E-state index in [1.54, 1.807) is 13.0 Å². The lowest BCUT2D eigenvalue weighted by Gasteiger charge is -2.17. The van der Waals surface area contributed by atoms with Gasteiger partial charge in [0.15, 0.2) is 6.61 Å². The van der Waals surface area contributed by atoms with E-state index in [1.165, 1.54) is 18.2 Å². The average molecular weight is 380 g/mol. The summed E-state index contributed by atoms with van der Waals surface area (Å²) in [5.74, 6) is -2.08. The summed E-state index contributed by atoms with van der Waals surface area (Å²) in [5, 5.41) is 2.52. The van der Waals surface area contributed by atoms with Gasteiger partial charge in [0.1, 0.15) is 0 Å². The van der Waals surface area contributed by atoms with Gasteiger partial charge in [-0.1, -0.05) is 12.1 Å². The molecule has 0 aromatic heterocycles. The van der Waals surface area contributed by atoms with Crippen LogP contribution in [0.4, 0.5) is 5.69 Å². The number of aryl methyl sites for hydroxylation is 2. The van der Waals surface area contributed by atoms with Crippen molar-refractivity contribution in [2.75, 3.05) is 18.1 Å². The van der Waals surface area contributed by atoms with Gasteiger partial charge in [-0.25, -0.2) is 9.69 Å². The molecule has 2 aromatic rings. The lowest BCUT2D eigenvalue weighted by atomic mass is 10.1. The van der Waals surface area contributed by atoms with Gasteiger partial charge >= 0.3 is 5.97 Å². The SMILES string of the molecule is CCNC(=O)COC(=O)c1ccc2c(c1)C(=O)N(c1cc(C)ccc1C)C2=O. The van der Waals surface area contributed by atoms with E-state index in [1.807, 2.05) is 26.0 Å². The topological polar surface area (TPSA) is 92.8 Å². The number of amides is 3. The summed E-state index contributed by atoms with van der Waals surface area (Å²) in [4.78, 5) is 50.4. The quantitative estimate of drug-likeness (QED) is 0.635. The molecule has 0 fully saturated rings. The summed E-state index contributed by atoms with van der Waals surface area (Å²) in [6.07, 6.45) is 0. The number of nitrogens with one attached hydrogen (secondary N) is 1. The molecule has 0 radical (unpaired) electrons. The number of fused-ring (bicyclic) bond motifs is 1. The number of carbonyl (C=O) groups is 4. The van der Waals surface area contributed by atoms with E-state index in [-0.39, 0.29) is 16.7 Å². The largest absolute Gasteiger partial charge is 0.452 e. The minimum absolute atomic E-state index is 0.104. The first-order valence-corrected chi connectivity index (χ1v) is 8.87. The molecule has 3 amide bonds. The van der Waals surface area contributed by atoms with Crippen LogP contribution in [-0.2, 0) is 9.53 Å². The number of anilines is 1. The minimum atomic E-state index is -0.737. The highest BCUT2D eigenvalue weighted by Gasteiger charge is 2.38. The molecule has 3 rings (SSSR count). The third kappa shape index (κ3) is 3.51. The van der Waals surface area contributed by atoms with Crippen LogP contribution in [0.15, 0.2) is 36.4 Å². The van der Waals surface area contributed by atoms with Crippen molar-refractivity contribution in [3.05, 3.63) is 64.2 Å². The maximum atomic E-state index is 12.9. The molecule has 0 saturated heterocycles. The molecule has 1 aliphatic heterocycles. The van der Waals surface area contributed by atoms with Crippen molar-refractivity contribution in [1.82, 2.24) is 5.32 Å². The highest BCUT2D eigenvalue weighted by Crippen LogP contribution is 2.31. The molecule has 7 nitrogen and oxygen atoms in total. The summed E-state index contributed by atoms with van der Waals surface area (Å²) >= 11 is 0. The standard InChI is InChI=1S/C21H20N2O5/c1-4-22-18(24)11-28-21(27)14-7-8-15-16(10-14)20(26)23(19(15)25)17-9-12(2)5-6-13(17)3/h5-10H,4,11H2,1-3H3,(H,22,24). The van der Waals surface area contributed by atoms with Crippen LogP contribution in [0.1, 0.15) is 49.1 Å². The zero-order chi connectivity index (χ0) is 20.4. The number of hydrogen-bond donors (Lipinski definition) is 1. The van der Waals surface area contributed by atoms with Crippen molar-refractivity contribution in [1.29, 1.82) is 0 Å². The molecule has 2 aromatic carbocycles. The molecule has 0 saturated carbocycles. The van der Waals surface area contributed by atoms with E-state index in [2.05, 4.69) is 5.32 Å². The molecule has 0 spiro atoms. The fourth-order valence-electron chi connectivity index (χ4n) is 3.01. The fraction of sp³-hybridized carbons (Fsp3) is 0.238. The first kappa shape index (κ1) is 19.3. The Bertz CT molecular complexity index is 996. The number of ether oxygens (including phenoxy) is 1. The van der Waals surface area contributed by atoms with Crippen molar-refractivity contribution in [2.45, 2.75) is 20.8 Å². The summed E-state index contributed by atoms with van der Waals surface area (Å²) in [6, 6.07) is 9.71. The highest BCUT2D eigenvalue weighted by atomic mass is 16.5. The second kappa shape index (κ2) is 7.64. The molecular formula is C21H20N2O5. The van der Waals surface area contributed by atoms with Crippen LogP contribution in [-0.4, -0.2) is 36.8 Å². The van der Waals surface area contributed by atoms with E-state index < -0.39 is 30.3 Å². The monoisotopic (exact) mass is 380 g/mol. The van der Waals surface area contributed by atoms with Gasteiger partial charge in [-0.05, 0) is 56.2 Å². The van der Waals surface area contributed by atoms with Gasteiger partial charge in [0.25, 0.3) is 17.7 Å². The Hall–Kier alpha value is -3.48. The molecule has 0 unspecified atom stereocenters. The van der Waals surface area contributed by atoms with Gasteiger partial charge in [-0.2, -0.15) is 0 Å². The molecular weight excluding hydrogens is 360 g/mol. The van der Waals surface area contributed by atoms with E-state index in [0.29, 0.717) is 12.2 Å². The molecule has 0 atom stereocenters. The van der Waals surface area contributed by atoms with Gasteiger partial charge in [0, 0.05) is 6.54 Å². The molecule has 28 heavy (non-hydrogen) atoms. The predicted molar refractivity (Wildman–Crippen MR) is 102 cm³/mol. The van der Waals surface area contributed by atoms with Crippen LogP contribution in [0.3, 0.4) is 0 Å². The lowest BCUT2D eigenvalue weighted by molar-refractivity contribution is -0.124. The number of hydrogen-bond acceptors (Lipinski definition) is 5. The van der Waals surface area contributed by atoms with Crippen LogP contribution in [0.25, 0.3) is 0 Å². The third-order valence-corrected chi connectivity index (χ3v) is 4.44.